The molecule has 4 rings (SSSR count). The van der Waals surface area contributed by atoms with E-state index in [1.54, 1.807) is 0 Å². The number of methoxy groups -OCH3 is 1. The number of hydrogen-bond donors (Lipinski definition) is 1. The maximum Gasteiger partial charge on any atom is 0.178 e. The quantitative estimate of drug-likeness (QED) is 0.506. The highest BCUT2D eigenvalue weighted by molar-refractivity contribution is 7.90. The van der Waals surface area contributed by atoms with E-state index >= 15 is 0 Å². The Morgan fingerprint density at radius 1 is 1.14 bits per heavy atom. The van der Waals surface area contributed by atoms with E-state index in [0.717, 1.165) is 70.7 Å². The fourth-order valence-corrected chi connectivity index (χ4v) is 8.95. The van der Waals surface area contributed by atoms with E-state index < -0.39 is 15.4 Å². The Morgan fingerprint density at radius 2 is 1.83 bits per heavy atom. The third-order valence-corrected chi connectivity index (χ3v) is 11.4. The number of Topliss-reactive ketones (excluding diaryl/α,β-unsaturated/α-hetero) is 1. The first-order valence-electron chi connectivity index (χ1n) is 13.8. The Labute approximate surface area is 217 Å². The molecule has 0 radical (unpaired) electrons. The zero-order valence-electron chi connectivity index (χ0n) is 22.8. The molecule has 3 aliphatic carbocycles. The highest BCUT2D eigenvalue weighted by atomic mass is 32.2. The summed E-state index contributed by atoms with van der Waals surface area (Å²) < 4.78 is 31.0. The standard InChI is InChI=1S/C28H46N2O5S/c1-6-7-21-22-8-9-24(25(31)18-30-17-20(16-29-30)36(5,33)34)27(22,3)11-10-23(21)28(19-35-4)14-12-26(2,32)13-15-28/h16-17,21-24,32H,6-15,18-19H2,1-5H3/t21-,22-,23-,24+,26-,27-,28+/m0/s1. The van der Waals surface area contributed by atoms with Gasteiger partial charge in [-0.2, -0.15) is 5.10 Å². The molecule has 0 saturated heterocycles. The van der Waals surface area contributed by atoms with Crippen molar-refractivity contribution < 1.29 is 23.1 Å². The van der Waals surface area contributed by atoms with Crippen LogP contribution >= 0.6 is 0 Å². The molecule has 0 bridgehead atoms. The van der Waals surface area contributed by atoms with Crippen LogP contribution in [0.1, 0.15) is 85.0 Å². The van der Waals surface area contributed by atoms with E-state index in [-0.39, 0.29) is 34.0 Å². The van der Waals surface area contributed by atoms with Crippen molar-refractivity contribution in [3.8, 4) is 0 Å². The molecule has 1 aromatic heterocycles. The number of aliphatic hydroxyl groups is 1. The first-order valence-corrected chi connectivity index (χ1v) is 15.7. The van der Waals surface area contributed by atoms with Crippen LogP contribution in [-0.2, 0) is 25.9 Å². The van der Waals surface area contributed by atoms with Gasteiger partial charge in [-0.15, -0.1) is 0 Å². The van der Waals surface area contributed by atoms with Gasteiger partial charge in [0, 0.05) is 25.5 Å². The number of aromatic nitrogens is 2. The highest BCUT2D eigenvalue weighted by Gasteiger charge is 2.59. The van der Waals surface area contributed by atoms with Crippen LogP contribution in [0.4, 0.5) is 0 Å². The lowest BCUT2D eigenvalue weighted by Gasteiger charge is -2.56. The lowest BCUT2D eigenvalue weighted by molar-refractivity contribution is -0.136. The molecule has 204 valence electrons. The third-order valence-electron chi connectivity index (χ3n) is 10.3. The Kier molecular flexibility index (Phi) is 7.82. The summed E-state index contributed by atoms with van der Waals surface area (Å²) in [5.41, 5.74) is -0.499. The van der Waals surface area contributed by atoms with E-state index in [0.29, 0.717) is 17.8 Å². The summed E-state index contributed by atoms with van der Waals surface area (Å²) in [6.07, 6.45) is 14.1. The van der Waals surface area contributed by atoms with Gasteiger partial charge in [-0.1, -0.05) is 26.7 Å². The zero-order valence-corrected chi connectivity index (χ0v) is 23.6. The fraction of sp³-hybridized carbons (Fsp3) is 0.857. The van der Waals surface area contributed by atoms with Gasteiger partial charge in [0.05, 0.1) is 24.9 Å². The van der Waals surface area contributed by atoms with Gasteiger partial charge in [-0.25, -0.2) is 8.42 Å². The SMILES string of the molecule is CCC[C@H]1[C@@H]2CC[C@H](C(=O)Cn3cc(S(C)(=O)=O)cn3)[C@@]2(C)CC[C@@H]1[C@]1(COC)CC[C@](C)(O)CC1. The number of fused-ring (bicyclic) bond motifs is 1. The number of ether oxygens (including phenoxy) is 1. The molecule has 0 amide bonds. The molecule has 0 spiro atoms. The van der Waals surface area contributed by atoms with Crippen molar-refractivity contribution in [1.29, 1.82) is 0 Å². The minimum Gasteiger partial charge on any atom is -0.390 e. The summed E-state index contributed by atoms with van der Waals surface area (Å²) in [5, 5.41) is 14.8. The van der Waals surface area contributed by atoms with Crippen molar-refractivity contribution in [3.05, 3.63) is 12.4 Å². The summed E-state index contributed by atoms with van der Waals surface area (Å²) in [6.45, 7) is 7.46. The average Bonchev–Trinajstić information content (AvgIpc) is 3.40. The largest absolute Gasteiger partial charge is 0.390 e. The summed E-state index contributed by atoms with van der Waals surface area (Å²) in [4.78, 5) is 13.7. The van der Waals surface area contributed by atoms with Crippen molar-refractivity contribution in [3.63, 3.8) is 0 Å². The van der Waals surface area contributed by atoms with Crippen molar-refractivity contribution in [2.45, 2.75) is 102 Å². The zero-order chi connectivity index (χ0) is 26.4. The number of nitrogens with zero attached hydrogens (tertiary/aromatic N) is 2. The van der Waals surface area contributed by atoms with E-state index in [2.05, 4.69) is 18.9 Å². The third kappa shape index (κ3) is 5.19. The molecule has 3 fully saturated rings. The van der Waals surface area contributed by atoms with Crippen LogP contribution in [0.2, 0.25) is 0 Å². The van der Waals surface area contributed by atoms with Crippen LogP contribution in [0, 0.1) is 34.5 Å². The minimum atomic E-state index is -3.34. The van der Waals surface area contributed by atoms with Gasteiger partial charge in [0.2, 0.25) is 0 Å². The van der Waals surface area contributed by atoms with E-state index in [4.69, 9.17) is 4.74 Å². The molecule has 1 heterocycles. The summed E-state index contributed by atoms with van der Waals surface area (Å²) >= 11 is 0. The molecule has 1 aromatic rings. The molecule has 3 aliphatic rings. The monoisotopic (exact) mass is 522 g/mol. The fourth-order valence-electron chi connectivity index (χ4n) is 8.40. The average molecular weight is 523 g/mol. The maximum absolute atomic E-state index is 13.6. The predicted molar refractivity (Wildman–Crippen MR) is 139 cm³/mol. The molecule has 0 aliphatic heterocycles. The van der Waals surface area contributed by atoms with Crippen LogP contribution in [0.5, 0.6) is 0 Å². The summed E-state index contributed by atoms with van der Waals surface area (Å²) in [5.74, 6) is 1.79. The van der Waals surface area contributed by atoms with Gasteiger partial charge in [0.25, 0.3) is 0 Å². The summed E-state index contributed by atoms with van der Waals surface area (Å²) in [6, 6.07) is 0. The second-order valence-electron chi connectivity index (χ2n) is 12.7. The van der Waals surface area contributed by atoms with E-state index in [9.17, 15) is 18.3 Å². The van der Waals surface area contributed by atoms with Crippen LogP contribution < -0.4 is 0 Å². The maximum atomic E-state index is 13.6. The number of hydrogen-bond acceptors (Lipinski definition) is 6. The first-order chi connectivity index (χ1) is 16.9. The molecule has 0 aromatic carbocycles. The Bertz CT molecular complexity index is 1040. The van der Waals surface area contributed by atoms with Gasteiger partial charge in [-0.05, 0) is 86.9 Å². The molecule has 7 nitrogen and oxygen atoms in total. The second kappa shape index (κ2) is 10.1. The van der Waals surface area contributed by atoms with Gasteiger partial charge >= 0.3 is 0 Å². The topological polar surface area (TPSA) is 98.5 Å². The minimum absolute atomic E-state index is 0.0147. The van der Waals surface area contributed by atoms with Gasteiger partial charge < -0.3 is 9.84 Å². The van der Waals surface area contributed by atoms with Gasteiger partial charge in [0.15, 0.2) is 15.6 Å². The Balaban J connectivity index is 1.55. The Hall–Kier alpha value is -1.25. The number of carbonyl (C=O) groups is 1. The van der Waals surface area contributed by atoms with Crippen LogP contribution in [0.3, 0.4) is 0 Å². The smallest absolute Gasteiger partial charge is 0.178 e. The van der Waals surface area contributed by atoms with Crippen molar-refractivity contribution in [2.75, 3.05) is 20.0 Å². The lowest BCUT2D eigenvalue weighted by atomic mass is 9.49. The number of sulfone groups is 1. The normalized spacial score (nSPS) is 39.2. The molecule has 1 N–H and O–H groups in total. The lowest BCUT2D eigenvalue weighted by Crippen LogP contribution is -2.52. The van der Waals surface area contributed by atoms with Crippen LogP contribution in [0.25, 0.3) is 0 Å². The predicted octanol–water partition coefficient (Wildman–Crippen LogP) is 4.67. The van der Waals surface area contributed by atoms with Crippen molar-refractivity contribution in [1.82, 2.24) is 9.78 Å². The van der Waals surface area contributed by atoms with E-state index in [1.807, 2.05) is 14.0 Å². The molecule has 0 unspecified atom stereocenters. The number of rotatable bonds is 9. The number of ketones is 1. The summed E-state index contributed by atoms with van der Waals surface area (Å²) in [7, 11) is -1.53. The number of carbonyl (C=O) groups excluding carboxylic acids is 1. The van der Waals surface area contributed by atoms with Gasteiger partial charge in [-0.3, -0.25) is 9.48 Å². The molecular weight excluding hydrogens is 476 g/mol. The van der Waals surface area contributed by atoms with Gasteiger partial charge in [0.1, 0.15) is 4.90 Å². The Morgan fingerprint density at radius 3 is 2.42 bits per heavy atom. The van der Waals surface area contributed by atoms with Crippen LogP contribution in [0.15, 0.2) is 17.3 Å². The first kappa shape index (κ1) is 27.8. The van der Waals surface area contributed by atoms with Crippen molar-refractivity contribution in [2.24, 2.45) is 34.5 Å². The molecule has 5 atom stereocenters. The highest BCUT2D eigenvalue weighted by Crippen LogP contribution is 2.64. The molecular formula is C28H46N2O5S. The second-order valence-corrected chi connectivity index (χ2v) is 14.8. The van der Waals surface area contributed by atoms with Crippen LogP contribution in [-0.4, -0.2) is 54.7 Å². The van der Waals surface area contributed by atoms with Crippen molar-refractivity contribution >= 4 is 15.6 Å². The molecule has 8 heteroatoms. The molecule has 3 saturated carbocycles. The molecule has 36 heavy (non-hydrogen) atoms. The van der Waals surface area contributed by atoms with E-state index in [1.165, 1.54) is 23.5 Å².